The van der Waals surface area contributed by atoms with Crippen LogP contribution in [-0.2, 0) is 25.8 Å². The number of ether oxygens (including phenoxy) is 1. The Kier molecular flexibility index (Phi) is 7.74. The molecule has 0 aliphatic rings. The minimum absolute atomic E-state index is 0.176. The van der Waals surface area contributed by atoms with Crippen molar-refractivity contribution >= 4 is 48.4 Å². The third-order valence-corrected chi connectivity index (χ3v) is 9.08. The fourth-order valence-electron chi connectivity index (χ4n) is 3.52. The van der Waals surface area contributed by atoms with Gasteiger partial charge in [-0.25, -0.2) is 18.2 Å². The number of fused-ring (bicyclic) bond motifs is 1. The number of nitrogens with one attached hydrogen (secondary N) is 1. The Hall–Kier alpha value is -2.82. The highest BCUT2D eigenvalue weighted by Gasteiger charge is 2.51. The van der Waals surface area contributed by atoms with Crippen LogP contribution in [0.5, 0.6) is 0 Å². The summed E-state index contributed by atoms with van der Waals surface area (Å²) in [5, 5.41) is 3.22. The van der Waals surface area contributed by atoms with Crippen LogP contribution in [0.1, 0.15) is 49.5 Å². The molecule has 3 N–H and O–H groups in total. The van der Waals surface area contributed by atoms with Gasteiger partial charge in [0, 0.05) is 5.56 Å². The number of aromatic nitrogens is 1. The quantitative estimate of drug-likeness (QED) is 0.420. The van der Waals surface area contributed by atoms with Gasteiger partial charge in [0.05, 0.1) is 22.2 Å². The molecule has 3 rings (SSSR count). The maximum absolute atomic E-state index is 13.1. The zero-order chi connectivity index (χ0) is 25.1. The molecule has 1 atom stereocenters. The van der Waals surface area contributed by atoms with Crippen LogP contribution in [-0.4, -0.2) is 37.3 Å². The number of rotatable bonds is 9. The molecule has 3 aromatic rings. The van der Waals surface area contributed by atoms with E-state index in [4.69, 9.17) is 5.73 Å². The number of anilines is 1. The SMILES string of the molecule is CCCCc1ccc2nc(NC(=O)c3ccc(S(=O)(=O)[C@@](N)(C(=O)OC)C(C)C)cc3)sc2c1. The van der Waals surface area contributed by atoms with Crippen molar-refractivity contribution < 1.29 is 22.7 Å². The number of sulfone groups is 1. The Bertz CT molecular complexity index is 1300. The molecule has 0 radical (unpaired) electrons. The minimum Gasteiger partial charge on any atom is -0.467 e. The lowest BCUT2D eigenvalue weighted by Crippen LogP contribution is -2.59. The smallest absolute Gasteiger partial charge is 0.342 e. The minimum atomic E-state index is -4.28. The van der Waals surface area contributed by atoms with E-state index in [-0.39, 0.29) is 10.5 Å². The topological polar surface area (TPSA) is 128 Å². The van der Waals surface area contributed by atoms with Gasteiger partial charge >= 0.3 is 5.97 Å². The Labute approximate surface area is 203 Å². The second-order valence-electron chi connectivity index (χ2n) is 8.35. The highest BCUT2D eigenvalue weighted by Crippen LogP contribution is 2.30. The average molecular weight is 504 g/mol. The van der Waals surface area contributed by atoms with Gasteiger partial charge in [0.2, 0.25) is 14.7 Å². The summed E-state index contributed by atoms with van der Waals surface area (Å²) in [4.78, 5) is 27.0. The molecular weight excluding hydrogens is 474 g/mol. The van der Waals surface area contributed by atoms with Gasteiger partial charge in [0.25, 0.3) is 5.91 Å². The highest BCUT2D eigenvalue weighted by molar-refractivity contribution is 7.93. The molecule has 1 heterocycles. The number of unbranched alkanes of at least 4 members (excludes halogenated alkanes) is 1. The summed E-state index contributed by atoms with van der Waals surface area (Å²) in [7, 11) is -3.19. The number of aryl methyl sites for hydroxylation is 1. The van der Waals surface area contributed by atoms with Crippen molar-refractivity contribution in [1.82, 2.24) is 4.98 Å². The maximum atomic E-state index is 13.1. The lowest BCUT2D eigenvalue weighted by Gasteiger charge is -2.30. The fraction of sp³-hybridized carbons (Fsp3) is 0.375. The van der Waals surface area contributed by atoms with E-state index in [1.54, 1.807) is 0 Å². The van der Waals surface area contributed by atoms with E-state index >= 15 is 0 Å². The number of hydrogen-bond donors (Lipinski definition) is 2. The van der Waals surface area contributed by atoms with Crippen molar-refractivity contribution in [1.29, 1.82) is 0 Å². The standard InChI is InChI=1S/C24H29N3O5S2/c1-5-6-7-16-8-13-19-20(14-16)33-23(26-19)27-21(28)17-9-11-18(12-10-17)34(30,31)24(25,15(2)3)22(29)32-4/h8-15H,5-7,25H2,1-4H3,(H,26,27,28)/t24-/m1/s1. The van der Waals surface area contributed by atoms with Crippen molar-refractivity contribution in [3.8, 4) is 0 Å². The molecule has 0 bridgehead atoms. The van der Waals surface area contributed by atoms with Gasteiger partial charge in [-0.05, 0) is 60.7 Å². The van der Waals surface area contributed by atoms with E-state index in [9.17, 15) is 18.0 Å². The summed E-state index contributed by atoms with van der Waals surface area (Å²) in [6.45, 7) is 5.21. The van der Waals surface area contributed by atoms with Crippen LogP contribution in [0.4, 0.5) is 5.13 Å². The van der Waals surface area contributed by atoms with Crippen molar-refractivity contribution in [2.24, 2.45) is 11.7 Å². The van der Waals surface area contributed by atoms with Gasteiger partial charge in [-0.1, -0.05) is 44.6 Å². The number of nitrogens with zero attached hydrogens (tertiary/aromatic N) is 1. The van der Waals surface area contributed by atoms with Gasteiger partial charge < -0.3 is 10.5 Å². The van der Waals surface area contributed by atoms with Gasteiger partial charge in [-0.3, -0.25) is 10.1 Å². The summed E-state index contributed by atoms with van der Waals surface area (Å²) in [6.07, 6.45) is 3.23. The van der Waals surface area contributed by atoms with Crippen LogP contribution in [0.2, 0.25) is 0 Å². The van der Waals surface area contributed by atoms with E-state index in [2.05, 4.69) is 28.0 Å². The number of methoxy groups -OCH3 is 1. The first-order chi connectivity index (χ1) is 16.0. The third kappa shape index (κ3) is 4.84. The number of benzene rings is 2. The first-order valence-corrected chi connectivity index (χ1v) is 13.3. The molecule has 0 saturated heterocycles. The van der Waals surface area contributed by atoms with Crippen molar-refractivity contribution in [3.63, 3.8) is 0 Å². The van der Waals surface area contributed by atoms with Gasteiger partial charge in [0.1, 0.15) is 0 Å². The molecule has 1 aromatic heterocycles. The lowest BCUT2D eigenvalue weighted by atomic mass is 10.1. The number of carbonyl (C=O) groups excluding carboxylic acids is 2. The van der Waals surface area contributed by atoms with E-state index in [1.165, 1.54) is 55.0 Å². The number of esters is 1. The predicted octanol–water partition coefficient (Wildman–Crippen LogP) is 4.15. The number of amides is 1. The van der Waals surface area contributed by atoms with Gasteiger partial charge in [-0.2, -0.15) is 0 Å². The number of thiazole rings is 1. The normalized spacial score (nSPS) is 13.6. The number of carbonyl (C=O) groups is 2. The Morgan fingerprint density at radius 3 is 2.44 bits per heavy atom. The monoisotopic (exact) mass is 503 g/mol. The second kappa shape index (κ2) is 10.2. The molecule has 8 nitrogen and oxygen atoms in total. The van der Waals surface area contributed by atoms with E-state index < -0.39 is 32.5 Å². The number of hydrogen-bond acceptors (Lipinski definition) is 8. The largest absolute Gasteiger partial charge is 0.467 e. The fourth-order valence-corrected chi connectivity index (χ4v) is 6.26. The van der Waals surface area contributed by atoms with Gasteiger partial charge in [-0.15, -0.1) is 0 Å². The molecule has 0 spiro atoms. The molecule has 10 heteroatoms. The Morgan fingerprint density at radius 1 is 1.18 bits per heavy atom. The molecule has 0 fully saturated rings. The second-order valence-corrected chi connectivity index (χ2v) is 11.5. The van der Waals surface area contributed by atoms with E-state index in [1.807, 2.05) is 12.1 Å². The Morgan fingerprint density at radius 2 is 1.85 bits per heavy atom. The van der Waals surface area contributed by atoms with Crippen molar-refractivity contribution in [3.05, 3.63) is 53.6 Å². The molecular formula is C24H29N3O5S2. The van der Waals surface area contributed by atoms with E-state index in [0.29, 0.717) is 5.13 Å². The lowest BCUT2D eigenvalue weighted by molar-refractivity contribution is -0.145. The summed E-state index contributed by atoms with van der Waals surface area (Å²) in [5.41, 5.74) is 8.31. The molecule has 182 valence electrons. The van der Waals surface area contributed by atoms with Gasteiger partial charge in [0.15, 0.2) is 5.13 Å². The first kappa shape index (κ1) is 25.8. The molecule has 0 saturated carbocycles. The number of nitrogens with two attached hydrogens (primary N) is 1. The first-order valence-electron chi connectivity index (χ1n) is 11.0. The average Bonchev–Trinajstić information content (AvgIpc) is 3.22. The summed E-state index contributed by atoms with van der Waals surface area (Å²) >= 11 is 1.38. The van der Waals surface area contributed by atoms with Crippen LogP contribution in [0, 0.1) is 5.92 Å². The molecule has 0 aliphatic carbocycles. The maximum Gasteiger partial charge on any atom is 0.342 e. The Balaban J connectivity index is 1.80. The van der Waals surface area contributed by atoms with Crippen LogP contribution >= 0.6 is 11.3 Å². The van der Waals surface area contributed by atoms with Crippen molar-refractivity contribution in [2.45, 2.75) is 49.8 Å². The molecule has 2 aromatic carbocycles. The molecule has 0 aliphatic heterocycles. The summed E-state index contributed by atoms with van der Waals surface area (Å²) in [6, 6.07) is 11.3. The van der Waals surface area contributed by atoms with Crippen LogP contribution < -0.4 is 11.1 Å². The molecule has 34 heavy (non-hydrogen) atoms. The van der Waals surface area contributed by atoms with Crippen LogP contribution in [0.25, 0.3) is 10.2 Å². The van der Waals surface area contributed by atoms with Crippen molar-refractivity contribution in [2.75, 3.05) is 12.4 Å². The summed E-state index contributed by atoms with van der Waals surface area (Å²) < 4.78 is 31.9. The molecule has 0 unspecified atom stereocenters. The van der Waals surface area contributed by atoms with Crippen LogP contribution in [0.3, 0.4) is 0 Å². The predicted molar refractivity (Wildman–Crippen MR) is 134 cm³/mol. The highest BCUT2D eigenvalue weighted by atomic mass is 32.2. The molecule has 1 amide bonds. The van der Waals surface area contributed by atoms with E-state index in [0.717, 1.165) is 36.6 Å². The van der Waals surface area contributed by atoms with Crippen LogP contribution in [0.15, 0.2) is 47.4 Å². The zero-order valence-corrected chi connectivity index (χ0v) is 21.3. The third-order valence-electron chi connectivity index (χ3n) is 5.73. The zero-order valence-electron chi connectivity index (χ0n) is 19.6. The summed E-state index contributed by atoms with van der Waals surface area (Å²) in [5.74, 6) is -2.21.